The van der Waals surface area contributed by atoms with Crippen molar-refractivity contribution in [3.63, 3.8) is 0 Å². The summed E-state index contributed by atoms with van der Waals surface area (Å²) in [6, 6.07) is 8.58. The maximum Gasteiger partial charge on any atom is 0.240 e. The topological polar surface area (TPSA) is 60.0 Å². The number of hydrogen-bond donors (Lipinski definition) is 2. The molecule has 4 heteroatoms. The van der Waals surface area contributed by atoms with Gasteiger partial charge in [0.2, 0.25) is 5.91 Å². The molecule has 3 N–H and O–H groups in total. The van der Waals surface area contributed by atoms with Crippen LogP contribution in [-0.2, 0) is 17.9 Å². The average molecular weight is 271 g/mol. The normalized spacial score (nSPS) is 15.8. The van der Waals surface area contributed by atoms with Gasteiger partial charge in [-0.05, 0) is 35.9 Å². The second-order valence-electron chi connectivity index (χ2n) is 5.59. The van der Waals surface area contributed by atoms with Crippen LogP contribution in [0.3, 0.4) is 0 Å². The van der Waals surface area contributed by atoms with Gasteiger partial charge in [0.05, 0.1) is 0 Å². The van der Waals surface area contributed by atoms with Crippen LogP contribution in [0.1, 0.15) is 31.2 Å². The van der Waals surface area contributed by atoms with E-state index in [4.69, 9.17) is 5.73 Å². The standard InChI is InChI=1S/C16H21N3O/c17-10-12-5-6-13-7-8-19(15(13)9-12)11-16(20)18-14-3-1-2-4-14/h5-9,14H,1-4,10-11,17H2,(H,18,20). The van der Waals surface area contributed by atoms with E-state index in [1.807, 2.05) is 22.9 Å². The van der Waals surface area contributed by atoms with E-state index in [9.17, 15) is 4.79 Å². The van der Waals surface area contributed by atoms with Crippen LogP contribution in [0.15, 0.2) is 30.5 Å². The largest absolute Gasteiger partial charge is 0.352 e. The van der Waals surface area contributed by atoms with Crippen molar-refractivity contribution < 1.29 is 4.79 Å². The number of nitrogens with zero attached hydrogens (tertiary/aromatic N) is 1. The van der Waals surface area contributed by atoms with Crippen LogP contribution < -0.4 is 11.1 Å². The molecule has 0 unspecified atom stereocenters. The Morgan fingerprint density at radius 2 is 2.10 bits per heavy atom. The fourth-order valence-corrected chi connectivity index (χ4v) is 2.99. The first kappa shape index (κ1) is 13.2. The summed E-state index contributed by atoms with van der Waals surface area (Å²) in [6.45, 7) is 0.906. The lowest BCUT2D eigenvalue weighted by Crippen LogP contribution is -2.35. The summed E-state index contributed by atoms with van der Waals surface area (Å²) in [4.78, 5) is 12.1. The Balaban J connectivity index is 1.74. The van der Waals surface area contributed by atoms with Gasteiger partial charge in [0.1, 0.15) is 6.54 Å². The lowest BCUT2D eigenvalue weighted by atomic mass is 10.1. The molecule has 20 heavy (non-hydrogen) atoms. The molecule has 1 heterocycles. The SMILES string of the molecule is NCc1ccc2ccn(CC(=O)NC3CCCC3)c2c1. The lowest BCUT2D eigenvalue weighted by Gasteiger charge is -2.13. The van der Waals surface area contributed by atoms with Crippen LogP contribution in [-0.4, -0.2) is 16.5 Å². The molecule has 1 fully saturated rings. The second-order valence-corrected chi connectivity index (χ2v) is 5.59. The molecular formula is C16H21N3O. The molecule has 1 aromatic carbocycles. The van der Waals surface area contributed by atoms with Gasteiger partial charge < -0.3 is 15.6 Å². The molecule has 0 bridgehead atoms. The summed E-state index contributed by atoms with van der Waals surface area (Å²) in [5, 5.41) is 4.27. The van der Waals surface area contributed by atoms with Crippen LogP contribution in [0.5, 0.6) is 0 Å². The van der Waals surface area contributed by atoms with E-state index in [-0.39, 0.29) is 5.91 Å². The zero-order valence-corrected chi connectivity index (χ0v) is 11.6. The quantitative estimate of drug-likeness (QED) is 0.895. The van der Waals surface area contributed by atoms with Crippen molar-refractivity contribution in [2.45, 2.75) is 44.8 Å². The Morgan fingerprint density at radius 1 is 1.30 bits per heavy atom. The second kappa shape index (κ2) is 5.67. The molecule has 0 spiro atoms. The Kier molecular flexibility index (Phi) is 3.74. The minimum Gasteiger partial charge on any atom is -0.352 e. The number of carbonyl (C=O) groups excluding carboxylic acids is 1. The number of fused-ring (bicyclic) bond motifs is 1. The first-order valence-electron chi connectivity index (χ1n) is 7.33. The molecule has 0 aliphatic heterocycles. The zero-order chi connectivity index (χ0) is 13.9. The molecule has 3 rings (SSSR count). The summed E-state index contributed by atoms with van der Waals surface area (Å²) in [5.41, 5.74) is 7.85. The zero-order valence-electron chi connectivity index (χ0n) is 11.6. The summed E-state index contributed by atoms with van der Waals surface area (Å²) < 4.78 is 2.00. The maximum atomic E-state index is 12.1. The molecule has 1 aromatic heterocycles. The first-order chi connectivity index (χ1) is 9.76. The van der Waals surface area contributed by atoms with E-state index in [2.05, 4.69) is 17.4 Å². The highest BCUT2D eigenvalue weighted by Crippen LogP contribution is 2.19. The van der Waals surface area contributed by atoms with Gasteiger partial charge in [0.15, 0.2) is 0 Å². The highest BCUT2D eigenvalue weighted by atomic mass is 16.2. The van der Waals surface area contributed by atoms with Gasteiger partial charge in [-0.15, -0.1) is 0 Å². The van der Waals surface area contributed by atoms with Crippen molar-refractivity contribution >= 4 is 16.8 Å². The molecule has 0 radical (unpaired) electrons. The third-order valence-electron chi connectivity index (χ3n) is 4.11. The Labute approximate surface area is 118 Å². The Hall–Kier alpha value is -1.81. The third-order valence-corrected chi connectivity index (χ3v) is 4.11. The number of carbonyl (C=O) groups is 1. The van der Waals surface area contributed by atoms with Gasteiger partial charge in [0, 0.05) is 24.3 Å². The van der Waals surface area contributed by atoms with Gasteiger partial charge in [-0.1, -0.05) is 25.0 Å². The Bertz CT molecular complexity index is 611. The van der Waals surface area contributed by atoms with Gasteiger partial charge in [0.25, 0.3) is 0 Å². The van der Waals surface area contributed by atoms with E-state index in [1.165, 1.54) is 12.8 Å². The number of rotatable bonds is 4. The van der Waals surface area contributed by atoms with Gasteiger partial charge in [-0.2, -0.15) is 0 Å². The van der Waals surface area contributed by atoms with Crippen LogP contribution in [0.4, 0.5) is 0 Å². The fraction of sp³-hybridized carbons (Fsp3) is 0.438. The fourth-order valence-electron chi connectivity index (χ4n) is 2.99. The molecule has 1 saturated carbocycles. The van der Waals surface area contributed by atoms with Gasteiger partial charge in [-0.3, -0.25) is 4.79 Å². The highest BCUT2D eigenvalue weighted by Gasteiger charge is 2.17. The number of nitrogens with two attached hydrogens (primary N) is 1. The van der Waals surface area contributed by atoms with Crippen molar-refractivity contribution in [1.29, 1.82) is 0 Å². The molecule has 4 nitrogen and oxygen atoms in total. The van der Waals surface area contributed by atoms with Crippen molar-refractivity contribution in [2.24, 2.45) is 5.73 Å². The number of benzene rings is 1. The molecular weight excluding hydrogens is 250 g/mol. The summed E-state index contributed by atoms with van der Waals surface area (Å²) in [5.74, 6) is 0.104. The molecule has 2 aromatic rings. The van der Waals surface area contributed by atoms with Crippen LogP contribution in [0.2, 0.25) is 0 Å². The molecule has 106 valence electrons. The number of nitrogens with one attached hydrogen (secondary N) is 1. The molecule has 0 saturated heterocycles. The monoisotopic (exact) mass is 271 g/mol. The van der Waals surface area contributed by atoms with Crippen molar-refractivity contribution in [3.05, 3.63) is 36.0 Å². The molecule has 1 aliphatic carbocycles. The Morgan fingerprint density at radius 3 is 2.85 bits per heavy atom. The minimum atomic E-state index is 0.104. The van der Waals surface area contributed by atoms with E-state index in [1.54, 1.807) is 0 Å². The highest BCUT2D eigenvalue weighted by molar-refractivity contribution is 5.84. The van der Waals surface area contributed by atoms with Crippen LogP contribution in [0, 0.1) is 0 Å². The molecule has 0 atom stereocenters. The maximum absolute atomic E-state index is 12.1. The van der Waals surface area contributed by atoms with E-state index in [0.717, 1.165) is 29.3 Å². The van der Waals surface area contributed by atoms with Crippen LogP contribution >= 0.6 is 0 Å². The summed E-state index contributed by atoms with van der Waals surface area (Å²) in [6.07, 6.45) is 6.68. The van der Waals surface area contributed by atoms with Crippen molar-refractivity contribution in [3.8, 4) is 0 Å². The summed E-state index contributed by atoms with van der Waals surface area (Å²) >= 11 is 0. The number of hydrogen-bond acceptors (Lipinski definition) is 2. The number of aromatic nitrogens is 1. The predicted molar refractivity (Wildman–Crippen MR) is 80.2 cm³/mol. The smallest absolute Gasteiger partial charge is 0.240 e. The lowest BCUT2D eigenvalue weighted by molar-refractivity contribution is -0.122. The predicted octanol–water partition coefficient (Wildman–Crippen LogP) is 2.16. The van der Waals surface area contributed by atoms with Crippen LogP contribution in [0.25, 0.3) is 10.9 Å². The summed E-state index contributed by atoms with van der Waals surface area (Å²) in [7, 11) is 0. The minimum absolute atomic E-state index is 0.104. The third kappa shape index (κ3) is 2.70. The van der Waals surface area contributed by atoms with E-state index in [0.29, 0.717) is 19.1 Å². The van der Waals surface area contributed by atoms with E-state index >= 15 is 0 Å². The van der Waals surface area contributed by atoms with Gasteiger partial charge >= 0.3 is 0 Å². The van der Waals surface area contributed by atoms with Gasteiger partial charge in [-0.25, -0.2) is 0 Å². The average Bonchev–Trinajstić information content (AvgIpc) is 3.08. The van der Waals surface area contributed by atoms with E-state index < -0.39 is 0 Å². The van der Waals surface area contributed by atoms with Crippen molar-refractivity contribution in [1.82, 2.24) is 9.88 Å². The molecule has 1 aliphatic rings. The molecule has 1 amide bonds. The van der Waals surface area contributed by atoms with Crippen molar-refractivity contribution in [2.75, 3.05) is 0 Å². The number of amides is 1. The first-order valence-corrected chi connectivity index (χ1v) is 7.33.